The maximum absolute atomic E-state index is 10.2. The summed E-state index contributed by atoms with van der Waals surface area (Å²) < 4.78 is 46.9. The molecule has 0 aliphatic heterocycles. The van der Waals surface area contributed by atoms with Crippen LogP contribution in [-0.4, -0.2) is 0 Å². The fourth-order valence-corrected chi connectivity index (χ4v) is 12.0. The van der Waals surface area contributed by atoms with Gasteiger partial charge < -0.3 is 9.32 Å². The molecule has 12 aromatic rings. The van der Waals surface area contributed by atoms with E-state index in [4.69, 9.17) is 4.42 Å². The summed E-state index contributed by atoms with van der Waals surface area (Å²) in [6.07, 6.45) is 0. The summed E-state index contributed by atoms with van der Waals surface area (Å²) in [5.74, 6) is 0. The maximum atomic E-state index is 10.2. The van der Waals surface area contributed by atoms with Gasteiger partial charge in [0.15, 0.2) is 0 Å². The minimum atomic E-state index is -0.741. The van der Waals surface area contributed by atoms with Crippen molar-refractivity contribution in [2.45, 2.75) is 10.8 Å². The Labute approximate surface area is 413 Å². The van der Waals surface area contributed by atoms with Crippen molar-refractivity contribution in [1.29, 1.82) is 0 Å². The Balaban J connectivity index is 1.07. The Bertz CT molecular complexity index is 3900. The van der Waals surface area contributed by atoms with Gasteiger partial charge in [-0.05, 0) is 115 Å². The molecule has 0 amide bonds. The molecule has 0 saturated carbocycles. The molecule has 0 radical (unpaired) electrons. The van der Waals surface area contributed by atoms with Gasteiger partial charge in [0.2, 0.25) is 0 Å². The smallest absolute Gasteiger partial charge is 0.143 e. The molecule has 0 fully saturated rings. The average molecular weight is 896 g/mol. The van der Waals surface area contributed by atoms with E-state index < -0.39 is 10.8 Å². The van der Waals surface area contributed by atoms with E-state index in [-0.39, 0.29) is 35.4 Å². The van der Waals surface area contributed by atoms with Gasteiger partial charge in [-0.2, -0.15) is 0 Å². The Hall–Kier alpha value is -8.98. The number of nitrogens with zero attached hydrogens (tertiary/aromatic N) is 1. The van der Waals surface area contributed by atoms with E-state index in [1.54, 1.807) is 0 Å². The summed E-state index contributed by atoms with van der Waals surface area (Å²) >= 11 is 0. The number of furan rings is 1. The highest BCUT2D eigenvalue weighted by atomic mass is 16.3. The van der Waals surface area contributed by atoms with Crippen molar-refractivity contribution in [3.8, 4) is 33.4 Å². The van der Waals surface area contributed by atoms with Crippen LogP contribution in [0.3, 0.4) is 0 Å². The van der Waals surface area contributed by atoms with Gasteiger partial charge in [0.05, 0.1) is 16.3 Å². The third kappa shape index (κ3) is 5.74. The van der Waals surface area contributed by atoms with Gasteiger partial charge in [0.25, 0.3) is 0 Å². The number of anilines is 3. The molecule has 2 aliphatic carbocycles. The van der Waals surface area contributed by atoms with Crippen molar-refractivity contribution in [3.63, 3.8) is 0 Å². The summed E-state index contributed by atoms with van der Waals surface area (Å²) in [6.45, 7) is 0. The van der Waals surface area contributed by atoms with E-state index >= 15 is 0 Å². The Kier molecular flexibility index (Phi) is 8.15. The SMILES string of the molecule is [2H]c1c([2H])c(N(c2ccc3c(c2)C(c2ccccc2)(c2ccccc2)c2ccccc2-3)c2ccc3c(c2)C(c2ccccc2)(c2ccccc2)c2ccccc2-3)c([2H])c([2H])c1-c1cccc2c1oc1ccccc12. The quantitative estimate of drug-likeness (QED) is 0.151. The van der Waals surface area contributed by atoms with Crippen LogP contribution >= 0.6 is 0 Å². The molecule has 1 heterocycles. The second-order valence-corrected chi connectivity index (χ2v) is 18.4. The maximum Gasteiger partial charge on any atom is 0.143 e. The molecular weight excluding hydrogens is 847 g/mol. The predicted octanol–water partition coefficient (Wildman–Crippen LogP) is 17.4. The van der Waals surface area contributed by atoms with Crippen molar-refractivity contribution in [1.82, 2.24) is 0 Å². The summed E-state index contributed by atoms with van der Waals surface area (Å²) in [5.41, 5.74) is 15.3. The highest BCUT2D eigenvalue weighted by Crippen LogP contribution is 2.59. The van der Waals surface area contributed by atoms with Crippen molar-refractivity contribution in [3.05, 3.63) is 317 Å². The molecule has 1 aromatic heterocycles. The molecule has 0 N–H and O–H groups in total. The van der Waals surface area contributed by atoms with Crippen molar-refractivity contribution >= 4 is 39.0 Å². The van der Waals surface area contributed by atoms with Crippen molar-refractivity contribution in [2.75, 3.05) is 4.90 Å². The molecule has 70 heavy (non-hydrogen) atoms. The molecule has 0 atom stereocenters. The summed E-state index contributed by atoms with van der Waals surface area (Å²) in [7, 11) is 0. The van der Waals surface area contributed by atoms with Crippen LogP contribution in [0.1, 0.15) is 50.0 Å². The molecule has 2 aliphatic rings. The largest absolute Gasteiger partial charge is 0.455 e. The normalized spacial score (nSPS) is 14.5. The van der Waals surface area contributed by atoms with E-state index in [0.717, 1.165) is 77.5 Å². The Morgan fingerprint density at radius 3 is 1.21 bits per heavy atom. The zero-order chi connectivity index (χ0) is 49.7. The first-order chi connectivity index (χ1) is 36.4. The molecule has 11 aromatic carbocycles. The van der Waals surface area contributed by atoms with E-state index in [2.05, 4.69) is 206 Å². The van der Waals surface area contributed by atoms with Crippen LogP contribution in [0.15, 0.2) is 277 Å². The number of benzene rings is 11. The third-order valence-corrected chi connectivity index (χ3v) is 14.9. The van der Waals surface area contributed by atoms with Gasteiger partial charge >= 0.3 is 0 Å². The summed E-state index contributed by atoms with van der Waals surface area (Å²) in [4.78, 5) is 1.97. The van der Waals surface area contributed by atoms with Crippen LogP contribution in [0.5, 0.6) is 0 Å². The van der Waals surface area contributed by atoms with Gasteiger partial charge in [-0.15, -0.1) is 0 Å². The van der Waals surface area contributed by atoms with Crippen LogP contribution < -0.4 is 4.90 Å². The van der Waals surface area contributed by atoms with Gasteiger partial charge in [0, 0.05) is 33.4 Å². The fraction of sp³-hybridized carbons (Fsp3) is 0.0294. The fourth-order valence-electron chi connectivity index (χ4n) is 12.0. The monoisotopic (exact) mass is 895 g/mol. The molecular formula is C68H45NO. The molecule has 0 saturated heterocycles. The number of hydrogen-bond acceptors (Lipinski definition) is 2. The lowest BCUT2D eigenvalue weighted by Crippen LogP contribution is -2.29. The van der Waals surface area contributed by atoms with Crippen LogP contribution in [0, 0.1) is 0 Å². The van der Waals surface area contributed by atoms with Gasteiger partial charge in [-0.25, -0.2) is 0 Å². The number of para-hydroxylation sites is 2. The first kappa shape index (κ1) is 36.1. The minimum Gasteiger partial charge on any atom is -0.455 e. The molecule has 0 unspecified atom stereocenters. The average Bonchev–Trinajstić information content (AvgIpc) is 4.10. The first-order valence-corrected chi connectivity index (χ1v) is 23.9. The summed E-state index contributed by atoms with van der Waals surface area (Å²) in [6, 6.07) is 85.8. The van der Waals surface area contributed by atoms with Crippen LogP contribution in [0.2, 0.25) is 0 Å². The van der Waals surface area contributed by atoms with E-state index in [0.29, 0.717) is 28.1 Å². The lowest BCUT2D eigenvalue weighted by Gasteiger charge is -2.36. The molecule has 0 spiro atoms. The van der Waals surface area contributed by atoms with Crippen molar-refractivity contribution in [2.24, 2.45) is 0 Å². The number of hydrogen-bond donors (Lipinski definition) is 0. The van der Waals surface area contributed by atoms with E-state index in [9.17, 15) is 5.48 Å². The Morgan fingerprint density at radius 1 is 0.314 bits per heavy atom. The van der Waals surface area contributed by atoms with Crippen LogP contribution in [0.25, 0.3) is 55.3 Å². The van der Waals surface area contributed by atoms with Crippen molar-refractivity contribution < 1.29 is 9.90 Å². The van der Waals surface area contributed by atoms with Gasteiger partial charge in [-0.3, -0.25) is 0 Å². The molecule has 14 rings (SSSR count). The second kappa shape index (κ2) is 15.8. The zero-order valence-corrected chi connectivity index (χ0v) is 38.0. The van der Waals surface area contributed by atoms with Crippen LogP contribution in [0.4, 0.5) is 17.1 Å². The van der Waals surface area contributed by atoms with E-state index in [1.165, 1.54) is 0 Å². The Morgan fingerprint density at radius 2 is 0.714 bits per heavy atom. The highest BCUT2D eigenvalue weighted by molar-refractivity contribution is 6.09. The minimum absolute atomic E-state index is 0.140. The van der Waals surface area contributed by atoms with Gasteiger partial charge in [-0.1, -0.05) is 230 Å². The number of rotatable bonds is 8. The first-order valence-electron chi connectivity index (χ1n) is 25.9. The lowest BCUT2D eigenvalue weighted by atomic mass is 9.67. The third-order valence-electron chi connectivity index (χ3n) is 14.9. The highest BCUT2D eigenvalue weighted by Gasteiger charge is 2.48. The van der Waals surface area contributed by atoms with Crippen LogP contribution in [-0.2, 0) is 10.8 Å². The lowest BCUT2D eigenvalue weighted by molar-refractivity contribution is 0.670. The second-order valence-electron chi connectivity index (χ2n) is 18.4. The molecule has 2 nitrogen and oxygen atoms in total. The topological polar surface area (TPSA) is 16.4 Å². The summed E-state index contributed by atoms with van der Waals surface area (Å²) in [5, 5.41) is 1.77. The zero-order valence-electron chi connectivity index (χ0n) is 42.0. The molecule has 2 heteroatoms. The number of fused-ring (bicyclic) bond motifs is 9. The standard InChI is InChI=1S/C68H45NO/c1-5-20-47(21-6-1)67(48-22-7-2-8-23-48)61-33-16-13-28-55(61)57-42-40-52(44-63(57)67)69(51-38-36-46(37-39-51)54-31-19-32-60-59-30-15-18-35-65(59)70-66(54)60)53-41-43-58-56-29-14-17-34-62(56)68(64(58)45-53,49-24-9-3-10-25-49)50-26-11-4-12-27-50/h1-45H/i36D,37D,38D,39D. The molecule has 328 valence electrons. The molecule has 0 bridgehead atoms. The predicted molar refractivity (Wildman–Crippen MR) is 288 cm³/mol. The van der Waals surface area contributed by atoms with Gasteiger partial charge in [0.1, 0.15) is 11.2 Å². The van der Waals surface area contributed by atoms with E-state index in [1.807, 2.05) is 47.4 Å².